The second-order valence-electron chi connectivity index (χ2n) is 24.7. The van der Waals surface area contributed by atoms with E-state index < -0.39 is 182 Å². The number of hydrogen-bond donors (Lipinski definition) is 18. The van der Waals surface area contributed by atoms with Crippen LogP contribution in [-0.2, 0) is 92.8 Å². The number of phenols is 1. The molecular weight excluding hydrogens is 1310 g/mol. The van der Waals surface area contributed by atoms with Crippen molar-refractivity contribution in [2.45, 2.75) is 171 Å². The van der Waals surface area contributed by atoms with Crippen LogP contribution in [0.3, 0.4) is 0 Å². The van der Waals surface area contributed by atoms with Crippen molar-refractivity contribution in [3.63, 3.8) is 0 Å². The van der Waals surface area contributed by atoms with Crippen molar-refractivity contribution in [2.24, 2.45) is 11.7 Å². The Labute approximate surface area is 574 Å². The lowest BCUT2D eigenvalue weighted by Crippen LogP contribution is -2.61. The molecular formula is C65H89N17O18. The number of imidazole rings is 2. The van der Waals surface area contributed by atoms with E-state index in [1.807, 2.05) is 0 Å². The van der Waals surface area contributed by atoms with Gasteiger partial charge in [-0.3, -0.25) is 62.3 Å². The largest absolute Gasteiger partial charge is 0.508 e. The van der Waals surface area contributed by atoms with Crippen molar-refractivity contribution in [3.8, 4) is 5.75 Å². The fourth-order valence-corrected chi connectivity index (χ4v) is 11.2. The molecule has 0 unspecified atom stereocenters. The number of rotatable bonds is 41. The quantitative estimate of drug-likeness (QED) is 0.0192. The number of aromatic nitrogens is 4. The Morgan fingerprint density at radius 3 is 1.55 bits per heavy atom. The first kappa shape index (κ1) is 78.2. The van der Waals surface area contributed by atoms with Gasteiger partial charge >= 0.3 is 17.9 Å². The fourth-order valence-electron chi connectivity index (χ4n) is 11.2. The Morgan fingerprint density at radius 2 is 1.03 bits per heavy atom. The average molecular weight is 1400 g/mol. The van der Waals surface area contributed by atoms with E-state index in [1.165, 1.54) is 54.2 Å². The molecule has 4 aromatic rings. The first-order chi connectivity index (χ1) is 47.8. The van der Waals surface area contributed by atoms with Gasteiger partial charge in [-0.2, -0.15) is 0 Å². The molecule has 35 heteroatoms. The molecule has 2 aliphatic rings. The molecule has 2 aromatic carbocycles. The summed E-state index contributed by atoms with van der Waals surface area (Å²) in [7, 11) is 0. The van der Waals surface area contributed by atoms with Crippen molar-refractivity contribution >= 4 is 82.9 Å². The van der Waals surface area contributed by atoms with Crippen LogP contribution >= 0.6 is 0 Å². The molecule has 2 saturated heterocycles. The SMILES string of the molecule is CC(C)[C@H](NC(=O)[C@H](Cc1cnc[nH]1)NC(=O)[C@H](Cc1ccccc1)NC(=O)CNC(=O)[C@H](Cc1ccc(O)cc1)NC(=O)[C@H](CCC(=O)O)NC(=O)CNC(=O)[C@@H]1CCCN1C(=O)[C@@H]1CCCN1)C(=O)N[C@@H](Cc1cnc[nH]1)C(=O)N[C@@H](CCC(=O)O)C(=O)N[C@@H](CCCCN)C(=O)O. The van der Waals surface area contributed by atoms with Crippen LogP contribution in [0.4, 0.5) is 0 Å². The minimum absolute atomic E-state index is 0.0253. The zero-order valence-corrected chi connectivity index (χ0v) is 55.4. The number of aliphatic carboxylic acids is 3. The van der Waals surface area contributed by atoms with Crippen LogP contribution in [0.15, 0.2) is 79.6 Å². The molecule has 0 aliphatic carbocycles. The van der Waals surface area contributed by atoms with Crippen LogP contribution in [0.1, 0.15) is 107 Å². The molecule has 0 bridgehead atoms. The van der Waals surface area contributed by atoms with Gasteiger partial charge in [0.1, 0.15) is 60.1 Å². The van der Waals surface area contributed by atoms with Gasteiger partial charge in [0.25, 0.3) is 0 Å². The number of nitrogens with zero attached hydrogens (tertiary/aromatic N) is 3. The highest BCUT2D eigenvalue weighted by atomic mass is 16.4. The topological polar surface area (TPSA) is 539 Å². The average Bonchev–Trinajstić information content (AvgIpc) is 1.59. The van der Waals surface area contributed by atoms with E-state index in [1.54, 1.807) is 44.2 Å². The lowest BCUT2D eigenvalue weighted by Gasteiger charge is -2.29. The summed E-state index contributed by atoms with van der Waals surface area (Å²) in [6, 6.07) is 0.383. The van der Waals surface area contributed by atoms with Gasteiger partial charge in [0.2, 0.25) is 65.0 Å². The summed E-state index contributed by atoms with van der Waals surface area (Å²) in [6.45, 7) is 2.91. The third-order valence-corrected chi connectivity index (χ3v) is 16.6. The van der Waals surface area contributed by atoms with Gasteiger partial charge in [-0.25, -0.2) is 14.8 Å². The predicted octanol–water partition coefficient (Wildman–Crippen LogP) is -3.44. The number of aromatic hydroxyl groups is 1. The minimum atomic E-state index is -1.61. The standard InChI is InChI=1S/C65H89N17O18/c1-36(2)55(63(97)80-48(28-39-30-67-34-72-39)60(94)76-43(20-22-54(88)89)58(92)77-45(65(99)100)12-6-7-23-66)81-61(95)49(29-40-31-68-35-73-40)79-59(93)47(26-37-10-4-3-5-11-37)75-52(85)32-70-56(90)46(27-38-15-17-41(83)18-16-38)78-57(91)42(19-21-53(86)87)74-51(84)33-71-62(96)50-14-9-25-82(50)64(98)44-13-8-24-69-44/h3-5,10-11,15-18,30-31,34-36,42-50,55,69,83H,6-9,12-14,19-29,32-33,66H2,1-2H3,(H,67,72)(H,68,73)(H,70,90)(H,71,96)(H,74,84)(H,75,85)(H,76,94)(H,77,92)(H,78,91)(H,79,93)(H,80,97)(H,81,95)(H,86,87)(H,88,89)(H,99,100)/t42-,43-,44-,45-,46-,47-,48-,49-,50-,55-/m0/s1. The monoisotopic (exact) mass is 1400 g/mol. The molecule has 0 spiro atoms. The lowest BCUT2D eigenvalue weighted by molar-refractivity contribution is -0.143. The molecule has 100 heavy (non-hydrogen) atoms. The molecule has 35 nitrogen and oxygen atoms in total. The van der Waals surface area contributed by atoms with E-state index in [4.69, 9.17) is 5.73 Å². The third-order valence-electron chi connectivity index (χ3n) is 16.6. The maximum absolute atomic E-state index is 14.7. The molecule has 4 heterocycles. The summed E-state index contributed by atoms with van der Waals surface area (Å²) in [6.07, 6.45) is 5.12. The van der Waals surface area contributed by atoms with Crippen LogP contribution in [-0.4, -0.2) is 221 Å². The molecule has 0 radical (unpaired) electrons. The van der Waals surface area contributed by atoms with Crippen molar-refractivity contribution in [1.82, 2.24) is 83.3 Å². The summed E-state index contributed by atoms with van der Waals surface area (Å²) >= 11 is 0. The number of carbonyl (C=O) groups is 14. The zero-order chi connectivity index (χ0) is 72.8. The Bertz CT molecular complexity index is 3440. The fraction of sp³-hybridized carbons (Fsp3) is 0.508. The van der Waals surface area contributed by atoms with E-state index in [0.717, 1.165) is 6.42 Å². The Kier molecular flexibility index (Phi) is 30.9. The number of H-pyrrole nitrogens is 2. The number of phenolic OH excluding ortho intramolecular Hbond substituents is 1. The third kappa shape index (κ3) is 25.5. The van der Waals surface area contributed by atoms with E-state index in [2.05, 4.69) is 78.4 Å². The van der Waals surface area contributed by atoms with Crippen molar-refractivity contribution in [3.05, 3.63) is 102 Å². The number of nitrogens with two attached hydrogens (primary N) is 1. The van der Waals surface area contributed by atoms with Crippen LogP contribution in [0.5, 0.6) is 5.75 Å². The van der Waals surface area contributed by atoms with E-state index >= 15 is 0 Å². The highest BCUT2D eigenvalue weighted by molar-refractivity contribution is 5.99. The molecule has 11 amide bonds. The van der Waals surface area contributed by atoms with Gasteiger partial charge in [0.15, 0.2) is 0 Å². The second-order valence-corrected chi connectivity index (χ2v) is 24.7. The molecule has 2 fully saturated rings. The van der Waals surface area contributed by atoms with Crippen LogP contribution in [0, 0.1) is 5.92 Å². The van der Waals surface area contributed by atoms with Crippen molar-refractivity contribution in [2.75, 3.05) is 32.7 Å². The molecule has 10 atom stereocenters. The summed E-state index contributed by atoms with van der Waals surface area (Å²) in [5, 5.41) is 67.3. The molecule has 6 rings (SSSR count). The van der Waals surface area contributed by atoms with Gasteiger partial charge < -0.3 is 99.5 Å². The number of hydrogen-bond acceptors (Lipinski definition) is 19. The number of carboxylic acid groups (broad SMARTS) is 3. The Morgan fingerprint density at radius 1 is 0.540 bits per heavy atom. The van der Waals surface area contributed by atoms with Crippen molar-refractivity contribution < 1.29 is 87.5 Å². The van der Waals surface area contributed by atoms with E-state index in [-0.39, 0.29) is 50.3 Å². The van der Waals surface area contributed by atoms with Crippen LogP contribution in [0.2, 0.25) is 0 Å². The van der Waals surface area contributed by atoms with Gasteiger partial charge in [0, 0.05) is 68.9 Å². The minimum Gasteiger partial charge on any atom is -0.508 e. The summed E-state index contributed by atoms with van der Waals surface area (Å²) in [5.74, 6) is -14.4. The van der Waals surface area contributed by atoms with Crippen LogP contribution < -0.4 is 64.2 Å². The highest BCUT2D eigenvalue weighted by Crippen LogP contribution is 2.21. The van der Waals surface area contributed by atoms with Crippen molar-refractivity contribution in [1.29, 1.82) is 0 Å². The smallest absolute Gasteiger partial charge is 0.326 e. The van der Waals surface area contributed by atoms with Gasteiger partial charge in [-0.05, 0) is 100 Å². The number of benzene rings is 2. The number of carboxylic acids is 3. The number of unbranched alkanes of at least 4 members (excludes halogenated alkanes) is 1. The van der Waals surface area contributed by atoms with Gasteiger partial charge in [0.05, 0.1) is 31.8 Å². The zero-order valence-electron chi connectivity index (χ0n) is 55.4. The first-order valence-electron chi connectivity index (χ1n) is 32.9. The van der Waals surface area contributed by atoms with Gasteiger partial charge in [-0.1, -0.05) is 56.3 Å². The number of nitrogens with one attached hydrogen (secondary N) is 13. The Hall–Kier alpha value is -10.8. The number of carbonyl (C=O) groups excluding carboxylic acids is 11. The first-order valence-corrected chi connectivity index (χ1v) is 32.9. The van der Waals surface area contributed by atoms with Crippen LogP contribution in [0.25, 0.3) is 0 Å². The maximum Gasteiger partial charge on any atom is 0.326 e. The predicted molar refractivity (Wildman–Crippen MR) is 353 cm³/mol. The Balaban J connectivity index is 1.16. The van der Waals surface area contributed by atoms with E-state index in [0.29, 0.717) is 67.7 Å². The molecule has 2 aromatic heterocycles. The lowest BCUT2D eigenvalue weighted by atomic mass is 10.00. The number of aromatic amines is 2. The summed E-state index contributed by atoms with van der Waals surface area (Å²) in [5.41, 5.74) is 7.11. The highest BCUT2D eigenvalue weighted by Gasteiger charge is 2.40. The van der Waals surface area contributed by atoms with Gasteiger partial charge in [-0.15, -0.1) is 0 Å². The normalized spacial score (nSPS) is 16.5. The number of likely N-dealkylation sites (tertiary alicyclic amines) is 1. The summed E-state index contributed by atoms with van der Waals surface area (Å²) in [4.78, 5) is 204. The molecule has 542 valence electrons. The van der Waals surface area contributed by atoms with E-state index in [9.17, 15) is 87.5 Å². The molecule has 0 saturated carbocycles. The molecule has 2 aliphatic heterocycles. The number of amides is 11. The molecule has 19 N–H and O–H groups in total. The second kappa shape index (κ2) is 39.5. The maximum atomic E-state index is 14.7. The summed E-state index contributed by atoms with van der Waals surface area (Å²) < 4.78 is 0.